The van der Waals surface area contributed by atoms with Crippen LogP contribution in [0.1, 0.15) is 79.6 Å². The molecule has 3 heterocycles. The lowest BCUT2D eigenvalue weighted by Crippen LogP contribution is -2.55. The fraction of sp³-hybridized carbons (Fsp3) is 0.833. The number of esters is 3. The molecule has 6 rings (SSSR count). The first-order chi connectivity index (χ1) is 18.4. The van der Waals surface area contributed by atoms with Crippen LogP contribution in [-0.2, 0) is 42.8 Å². The molecule has 9 nitrogen and oxygen atoms in total. The Labute approximate surface area is 230 Å². The Morgan fingerprint density at radius 2 is 1.85 bits per heavy atom. The minimum absolute atomic E-state index is 0.0349. The van der Waals surface area contributed by atoms with E-state index >= 15 is 0 Å². The van der Waals surface area contributed by atoms with E-state index in [1.807, 2.05) is 20.8 Å². The van der Waals surface area contributed by atoms with Crippen molar-refractivity contribution in [2.24, 2.45) is 28.6 Å². The molecule has 0 unspecified atom stereocenters. The van der Waals surface area contributed by atoms with E-state index in [2.05, 4.69) is 13.0 Å². The number of rotatable bonds is 4. The lowest BCUT2D eigenvalue weighted by molar-refractivity contribution is -0.269. The summed E-state index contributed by atoms with van der Waals surface area (Å²) in [6.07, 6.45) is 5.54. The second-order valence-corrected chi connectivity index (χ2v) is 13.1. The molecule has 6 aliphatic rings. The van der Waals surface area contributed by atoms with E-state index in [0.29, 0.717) is 12.8 Å². The van der Waals surface area contributed by atoms with Crippen molar-refractivity contribution >= 4 is 17.9 Å². The first kappa shape index (κ1) is 27.2. The van der Waals surface area contributed by atoms with Gasteiger partial charge in [0.05, 0.1) is 18.1 Å². The number of allylic oxidation sites excluding steroid dienone is 1. The Balaban J connectivity index is 1.19. The van der Waals surface area contributed by atoms with Gasteiger partial charge in [-0.2, -0.15) is 0 Å². The number of fused-ring (bicyclic) bond motifs is 6. The minimum Gasteiger partial charge on any atom is -0.462 e. The molecule has 0 aromatic rings. The summed E-state index contributed by atoms with van der Waals surface area (Å²) in [5.74, 6) is -0.966. The van der Waals surface area contributed by atoms with Crippen molar-refractivity contribution in [3.63, 3.8) is 0 Å². The highest BCUT2D eigenvalue weighted by atomic mass is 16.7. The minimum atomic E-state index is -0.792. The lowest BCUT2D eigenvalue weighted by Gasteiger charge is -2.50. The Kier molecular flexibility index (Phi) is 6.47. The molecular formula is C30H42O9. The number of cyclic esters (lactones) is 1. The molecule has 5 fully saturated rings. The van der Waals surface area contributed by atoms with Crippen molar-refractivity contribution < 1.29 is 42.8 Å². The third-order valence-electron chi connectivity index (χ3n) is 11.3. The molecule has 0 aromatic heterocycles. The van der Waals surface area contributed by atoms with Gasteiger partial charge < -0.3 is 28.4 Å². The molecule has 39 heavy (non-hydrogen) atoms. The van der Waals surface area contributed by atoms with Crippen molar-refractivity contribution in [1.82, 2.24) is 0 Å². The highest BCUT2D eigenvalue weighted by Crippen LogP contribution is 2.69. The maximum absolute atomic E-state index is 13.7. The lowest BCUT2D eigenvalue weighted by atomic mass is 9.52. The van der Waals surface area contributed by atoms with Crippen molar-refractivity contribution in [2.45, 2.75) is 122 Å². The van der Waals surface area contributed by atoms with Crippen LogP contribution < -0.4 is 0 Å². The fourth-order valence-electron chi connectivity index (χ4n) is 9.30. The first-order valence-corrected chi connectivity index (χ1v) is 14.6. The molecule has 3 saturated heterocycles. The molecule has 9 heteroatoms. The standard InChI is InChI=1S/C30H42O9/c1-15-20-10-12-30(29(20,5)27(33)36-15)21-8-7-18-13-19(9-11-28(18,4)24(21)26(32)39-30)38-23-14-22(34-6)25(16(2)35-23)37-17(3)31/h7,15-16,19-25H,8-14H2,1-6H3/t15-,16+,19-,20-,21+,22+,23-,24+,25-,28-,29-,30-/m0/s1. The number of methoxy groups -OCH3 is 1. The molecular weight excluding hydrogens is 504 g/mol. The number of carbonyl (C=O) groups is 3. The van der Waals surface area contributed by atoms with E-state index in [1.54, 1.807) is 7.11 Å². The van der Waals surface area contributed by atoms with Gasteiger partial charge in [0.1, 0.15) is 23.2 Å². The normalized spacial score (nSPS) is 50.5. The predicted octanol–water partition coefficient (Wildman–Crippen LogP) is 3.86. The molecule has 0 radical (unpaired) electrons. The summed E-state index contributed by atoms with van der Waals surface area (Å²) in [5.41, 5.74) is -0.678. The van der Waals surface area contributed by atoms with E-state index in [-0.39, 0.29) is 65.5 Å². The second kappa shape index (κ2) is 9.28. The topological polar surface area (TPSA) is 107 Å². The summed E-state index contributed by atoms with van der Waals surface area (Å²) in [4.78, 5) is 38.4. The summed E-state index contributed by atoms with van der Waals surface area (Å²) in [7, 11) is 1.61. The molecule has 0 aromatic carbocycles. The fourth-order valence-corrected chi connectivity index (χ4v) is 9.30. The second-order valence-electron chi connectivity index (χ2n) is 13.1. The Hall–Kier alpha value is -1.97. The number of hydrogen-bond donors (Lipinski definition) is 0. The molecule has 0 N–H and O–H groups in total. The summed E-state index contributed by atoms with van der Waals surface area (Å²) in [6.45, 7) is 9.39. The van der Waals surface area contributed by atoms with E-state index in [4.69, 9.17) is 28.4 Å². The summed E-state index contributed by atoms with van der Waals surface area (Å²) in [5, 5.41) is 0. The van der Waals surface area contributed by atoms with Gasteiger partial charge in [0, 0.05) is 37.7 Å². The number of carbonyl (C=O) groups excluding carboxylic acids is 3. The highest BCUT2D eigenvalue weighted by Gasteiger charge is 2.77. The zero-order valence-corrected chi connectivity index (χ0v) is 23.9. The molecule has 1 spiro atoms. The molecule has 3 aliphatic carbocycles. The van der Waals surface area contributed by atoms with Crippen LogP contribution in [0, 0.1) is 28.6 Å². The first-order valence-electron chi connectivity index (χ1n) is 14.6. The molecule has 0 bridgehead atoms. The van der Waals surface area contributed by atoms with Crippen LogP contribution in [0.4, 0.5) is 0 Å². The number of hydrogen-bond acceptors (Lipinski definition) is 9. The maximum atomic E-state index is 13.7. The Morgan fingerprint density at radius 3 is 2.56 bits per heavy atom. The smallest absolute Gasteiger partial charge is 0.316 e. The van der Waals surface area contributed by atoms with Crippen LogP contribution in [0.15, 0.2) is 11.6 Å². The van der Waals surface area contributed by atoms with E-state index in [9.17, 15) is 14.4 Å². The van der Waals surface area contributed by atoms with Gasteiger partial charge in [-0.25, -0.2) is 0 Å². The van der Waals surface area contributed by atoms with E-state index in [1.165, 1.54) is 12.5 Å². The van der Waals surface area contributed by atoms with Gasteiger partial charge in [0.15, 0.2) is 12.4 Å². The zero-order valence-electron chi connectivity index (χ0n) is 23.9. The summed E-state index contributed by atoms with van der Waals surface area (Å²) in [6, 6.07) is 0. The quantitative estimate of drug-likeness (QED) is 0.295. The van der Waals surface area contributed by atoms with Crippen molar-refractivity contribution in [3.05, 3.63) is 11.6 Å². The van der Waals surface area contributed by atoms with Gasteiger partial charge >= 0.3 is 17.9 Å². The van der Waals surface area contributed by atoms with Crippen molar-refractivity contribution in [3.8, 4) is 0 Å². The number of ether oxygens (including phenoxy) is 6. The zero-order chi connectivity index (χ0) is 27.9. The van der Waals surface area contributed by atoms with Crippen LogP contribution in [0.5, 0.6) is 0 Å². The molecule has 3 aliphatic heterocycles. The van der Waals surface area contributed by atoms with E-state index in [0.717, 1.165) is 32.1 Å². The third-order valence-corrected chi connectivity index (χ3v) is 11.3. The average Bonchev–Trinajstić information content (AvgIpc) is 3.43. The highest BCUT2D eigenvalue weighted by molar-refractivity contribution is 5.86. The maximum Gasteiger partial charge on any atom is 0.316 e. The van der Waals surface area contributed by atoms with Gasteiger partial charge in [-0.05, 0) is 59.3 Å². The van der Waals surface area contributed by atoms with Gasteiger partial charge in [-0.3, -0.25) is 14.4 Å². The van der Waals surface area contributed by atoms with Gasteiger partial charge in [-0.15, -0.1) is 0 Å². The Bertz CT molecular complexity index is 1090. The van der Waals surface area contributed by atoms with Crippen LogP contribution in [0.2, 0.25) is 0 Å². The van der Waals surface area contributed by atoms with Crippen molar-refractivity contribution in [1.29, 1.82) is 0 Å². The largest absolute Gasteiger partial charge is 0.462 e. The Morgan fingerprint density at radius 1 is 1.08 bits per heavy atom. The predicted molar refractivity (Wildman–Crippen MR) is 137 cm³/mol. The summed E-state index contributed by atoms with van der Waals surface area (Å²) < 4.78 is 35.7. The third kappa shape index (κ3) is 3.78. The summed E-state index contributed by atoms with van der Waals surface area (Å²) >= 11 is 0. The SMILES string of the molecule is CO[C@@H]1C[C@H](O[C@H]2CC[C@@]3(C)C(=CC[C@@H]4[C@@H]3C(=O)O[C@@]43CC[C@H]4[C@H](C)OC(=O)[C@]43C)C2)O[C@H](C)[C@@H]1OC(C)=O. The van der Waals surface area contributed by atoms with Gasteiger partial charge in [-0.1, -0.05) is 18.6 Å². The van der Waals surface area contributed by atoms with Crippen LogP contribution in [0.3, 0.4) is 0 Å². The average molecular weight is 547 g/mol. The van der Waals surface area contributed by atoms with Crippen LogP contribution in [-0.4, -0.2) is 67.4 Å². The van der Waals surface area contributed by atoms with Crippen LogP contribution >= 0.6 is 0 Å². The van der Waals surface area contributed by atoms with Crippen molar-refractivity contribution in [2.75, 3.05) is 7.11 Å². The molecule has 216 valence electrons. The monoisotopic (exact) mass is 546 g/mol. The molecule has 12 atom stereocenters. The molecule has 2 saturated carbocycles. The molecule has 0 amide bonds. The van der Waals surface area contributed by atoms with Gasteiger partial charge in [0.25, 0.3) is 0 Å². The van der Waals surface area contributed by atoms with E-state index < -0.39 is 23.4 Å². The van der Waals surface area contributed by atoms with Crippen LogP contribution in [0.25, 0.3) is 0 Å². The van der Waals surface area contributed by atoms with Gasteiger partial charge in [0.2, 0.25) is 0 Å².